The van der Waals surface area contributed by atoms with Crippen LogP contribution in [-0.2, 0) is 4.79 Å². The highest BCUT2D eigenvalue weighted by Gasteiger charge is 2.26. The van der Waals surface area contributed by atoms with Crippen molar-refractivity contribution < 1.29 is 4.79 Å². The topological polar surface area (TPSA) is 32.7 Å². The van der Waals surface area contributed by atoms with Crippen molar-refractivity contribution in [2.75, 3.05) is 18.8 Å². The van der Waals surface area contributed by atoms with Crippen LogP contribution in [0, 0.1) is 0 Å². The molecule has 0 radical (unpaired) electrons. The van der Waals surface area contributed by atoms with Crippen LogP contribution in [0.3, 0.4) is 0 Å². The number of amidine groups is 1. The summed E-state index contributed by atoms with van der Waals surface area (Å²) in [7, 11) is 0. The number of fused-ring (bicyclic) bond motifs is 1. The van der Waals surface area contributed by atoms with Crippen LogP contribution < -0.4 is 0 Å². The molecule has 0 aliphatic carbocycles. The van der Waals surface area contributed by atoms with Crippen molar-refractivity contribution in [1.29, 1.82) is 0 Å². The number of ketones is 1. The molecule has 0 aromatic carbocycles. The van der Waals surface area contributed by atoms with E-state index in [-0.39, 0.29) is 5.78 Å². The van der Waals surface area contributed by atoms with E-state index >= 15 is 0 Å². The summed E-state index contributed by atoms with van der Waals surface area (Å²) in [6, 6.07) is 0. The van der Waals surface area contributed by atoms with Crippen molar-refractivity contribution >= 4 is 22.7 Å². The van der Waals surface area contributed by atoms with E-state index in [1.807, 2.05) is 6.92 Å². The second-order valence-electron chi connectivity index (χ2n) is 3.28. The number of carbonyl (C=O) groups is 1. The van der Waals surface area contributed by atoms with E-state index in [2.05, 4.69) is 9.89 Å². The number of allylic oxidation sites excluding steroid dienone is 1. The lowest BCUT2D eigenvalue weighted by atomic mass is 10.1. The van der Waals surface area contributed by atoms with Gasteiger partial charge in [-0.15, -0.1) is 0 Å². The molecule has 4 heteroatoms. The molecular formula is C9H12N2OS. The molecule has 0 atom stereocenters. The Balaban J connectivity index is 2.32. The number of nitrogens with zero attached hydrogens (tertiary/aromatic N) is 2. The zero-order chi connectivity index (χ0) is 9.42. The minimum absolute atomic E-state index is 0.150. The van der Waals surface area contributed by atoms with E-state index in [0.717, 1.165) is 35.3 Å². The Bertz CT molecular complexity index is 320. The Morgan fingerprint density at radius 3 is 3.08 bits per heavy atom. The quantitative estimate of drug-likeness (QED) is 0.633. The van der Waals surface area contributed by atoms with Crippen LogP contribution in [-0.4, -0.2) is 34.7 Å². The first-order valence-electron chi connectivity index (χ1n) is 4.35. The molecule has 70 valence electrons. The summed E-state index contributed by atoms with van der Waals surface area (Å²) in [5, 5.41) is 1.09. The van der Waals surface area contributed by atoms with Crippen LogP contribution in [0.15, 0.2) is 16.3 Å². The summed E-state index contributed by atoms with van der Waals surface area (Å²) in [6.07, 6.45) is 0. The maximum atomic E-state index is 11.2. The second kappa shape index (κ2) is 3.18. The van der Waals surface area contributed by atoms with E-state index in [1.54, 1.807) is 18.7 Å². The molecule has 0 aromatic heterocycles. The highest BCUT2D eigenvalue weighted by atomic mass is 32.2. The molecule has 0 aromatic rings. The third kappa shape index (κ3) is 1.50. The predicted molar refractivity (Wildman–Crippen MR) is 54.8 cm³/mol. The van der Waals surface area contributed by atoms with Crippen LogP contribution >= 0.6 is 11.8 Å². The Hall–Kier alpha value is -0.770. The van der Waals surface area contributed by atoms with E-state index in [9.17, 15) is 4.79 Å². The van der Waals surface area contributed by atoms with Crippen LogP contribution in [0.25, 0.3) is 0 Å². The average Bonchev–Trinajstić information content (AvgIpc) is 2.48. The minimum Gasteiger partial charge on any atom is -0.346 e. The van der Waals surface area contributed by atoms with E-state index in [1.165, 1.54) is 0 Å². The molecule has 0 bridgehead atoms. The fraction of sp³-hybridized carbons (Fsp3) is 0.556. The largest absolute Gasteiger partial charge is 0.346 e. The summed E-state index contributed by atoms with van der Waals surface area (Å²) in [5.41, 5.74) is 1.76. The summed E-state index contributed by atoms with van der Waals surface area (Å²) in [6.45, 7) is 5.31. The molecule has 1 saturated heterocycles. The van der Waals surface area contributed by atoms with Gasteiger partial charge in [0, 0.05) is 23.6 Å². The first-order valence-corrected chi connectivity index (χ1v) is 5.34. The zero-order valence-electron chi connectivity index (χ0n) is 7.83. The number of rotatable bonds is 1. The molecule has 2 heterocycles. The summed E-state index contributed by atoms with van der Waals surface area (Å²) >= 11 is 1.77. The number of Topliss-reactive ketones (excluding diaryl/α,β-unsaturated/α-hetero) is 1. The Morgan fingerprint density at radius 1 is 1.62 bits per heavy atom. The molecule has 2 aliphatic rings. The van der Waals surface area contributed by atoms with Crippen molar-refractivity contribution in [2.45, 2.75) is 13.8 Å². The van der Waals surface area contributed by atoms with Gasteiger partial charge in [0.05, 0.1) is 6.54 Å². The lowest BCUT2D eigenvalue weighted by molar-refractivity contribution is -0.113. The third-order valence-electron chi connectivity index (χ3n) is 2.34. The molecular weight excluding hydrogens is 184 g/mol. The van der Waals surface area contributed by atoms with Gasteiger partial charge in [-0.1, -0.05) is 11.8 Å². The monoisotopic (exact) mass is 196 g/mol. The van der Waals surface area contributed by atoms with Gasteiger partial charge < -0.3 is 4.90 Å². The molecule has 13 heavy (non-hydrogen) atoms. The van der Waals surface area contributed by atoms with E-state index in [4.69, 9.17) is 0 Å². The van der Waals surface area contributed by atoms with Gasteiger partial charge in [0.15, 0.2) is 11.0 Å². The minimum atomic E-state index is 0.150. The van der Waals surface area contributed by atoms with Gasteiger partial charge in [0.1, 0.15) is 0 Å². The summed E-state index contributed by atoms with van der Waals surface area (Å²) in [4.78, 5) is 17.8. The maximum Gasteiger partial charge on any atom is 0.164 e. The number of hydrogen-bond donors (Lipinski definition) is 0. The fourth-order valence-electron chi connectivity index (χ4n) is 1.57. The molecule has 0 spiro atoms. The van der Waals surface area contributed by atoms with Crippen molar-refractivity contribution in [3.05, 3.63) is 11.3 Å². The fourth-order valence-corrected chi connectivity index (χ4v) is 2.60. The lowest BCUT2D eigenvalue weighted by Gasteiger charge is -2.23. The Morgan fingerprint density at radius 2 is 2.38 bits per heavy atom. The highest BCUT2D eigenvalue weighted by molar-refractivity contribution is 8.14. The summed E-state index contributed by atoms with van der Waals surface area (Å²) in [5.74, 6) is 1.24. The smallest absolute Gasteiger partial charge is 0.164 e. The van der Waals surface area contributed by atoms with Crippen molar-refractivity contribution in [1.82, 2.24) is 4.90 Å². The first-order chi connectivity index (χ1) is 6.18. The molecule has 1 fully saturated rings. The Kier molecular flexibility index (Phi) is 2.15. The van der Waals surface area contributed by atoms with Crippen molar-refractivity contribution in [2.24, 2.45) is 4.99 Å². The van der Waals surface area contributed by atoms with Crippen LogP contribution in [0.2, 0.25) is 0 Å². The number of thioether (sulfide) groups is 1. The van der Waals surface area contributed by atoms with Gasteiger partial charge in [-0.25, -0.2) is 4.99 Å². The third-order valence-corrected chi connectivity index (χ3v) is 3.33. The molecule has 0 N–H and O–H groups in total. The van der Waals surface area contributed by atoms with Gasteiger partial charge >= 0.3 is 0 Å². The summed E-state index contributed by atoms with van der Waals surface area (Å²) < 4.78 is 0. The van der Waals surface area contributed by atoms with Crippen molar-refractivity contribution in [3.63, 3.8) is 0 Å². The van der Waals surface area contributed by atoms with Gasteiger partial charge in [-0.2, -0.15) is 0 Å². The molecule has 2 rings (SSSR count). The molecule has 2 aliphatic heterocycles. The average molecular weight is 196 g/mol. The molecule has 0 saturated carbocycles. The van der Waals surface area contributed by atoms with Gasteiger partial charge in [0.25, 0.3) is 0 Å². The number of aliphatic imine (C=N–C) groups is 1. The van der Waals surface area contributed by atoms with E-state index in [0.29, 0.717) is 0 Å². The number of carbonyl (C=O) groups excluding carboxylic acids is 1. The van der Waals surface area contributed by atoms with E-state index < -0.39 is 0 Å². The lowest BCUT2D eigenvalue weighted by Crippen LogP contribution is -2.31. The molecule has 3 nitrogen and oxygen atoms in total. The molecule has 0 unspecified atom stereocenters. The number of hydrogen-bond acceptors (Lipinski definition) is 4. The highest BCUT2D eigenvalue weighted by Crippen LogP contribution is 2.26. The van der Waals surface area contributed by atoms with Gasteiger partial charge in [-0.05, 0) is 13.8 Å². The van der Waals surface area contributed by atoms with Crippen molar-refractivity contribution in [3.8, 4) is 0 Å². The normalized spacial score (nSPS) is 21.7. The Labute approximate surface area is 81.9 Å². The second-order valence-corrected chi connectivity index (χ2v) is 4.35. The predicted octanol–water partition coefficient (Wildman–Crippen LogP) is 1.27. The first kappa shape index (κ1) is 8.81. The molecule has 0 amide bonds. The van der Waals surface area contributed by atoms with Crippen LogP contribution in [0.1, 0.15) is 13.8 Å². The standard InChI is InChI=1S/C9H12N2OS/c1-6-8(7(2)12)5-11-3-4-13-9(11)10-6/h3-5H2,1-2H3. The van der Waals surface area contributed by atoms with Gasteiger partial charge in [-0.3, -0.25) is 4.79 Å². The van der Waals surface area contributed by atoms with Crippen LogP contribution in [0.5, 0.6) is 0 Å². The van der Waals surface area contributed by atoms with Gasteiger partial charge in [0.2, 0.25) is 0 Å². The maximum absolute atomic E-state index is 11.2. The zero-order valence-corrected chi connectivity index (χ0v) is 8.65. The van der Waals surface area contributed by atoms with Crippen LogP contribution in [0.4, 0.5) is 0 Å². The SMILES string of the molecule is CC(=O)C1=C(C)N=C2SCCN2C1.